The first-order chi connectivity index (χ1) is 13.8. The molecule has 5 rings (SSSR count). The second-order valence-electron chi connectivity index (χ2n) is 7.13. The number of thiophene rings is 1. The lowest BCUT2D eigenvalue weighted by Gasteiger charge is -2.38. The van der Waals surface area contributed by atoms with Gasteiger partial charge in [0.15, 0.2) is 0 Å². The summed E-state index contributed by atoms with van der Waals surface area (Å²) < 4.78 is 6.60. The fraction of sp³-hybridized carbons (Fsp3) is 0.333. The number of ether oxygens (including phenoxy) is 1. The van der Waals surface area contributed by atoms with Crippen LogP contribution in [0.2, 0.25) is 0 Å². The van der Waals surface area contributed by atoms with E-state index in [1.807, 2.05) is 24.3 Å². The van der Waals surface area contributed by atoms with Crippen molar-refractivity contribution >= 4 is 32.8 Å². The molecule has 0 unspecified atom stereocenters. The number of rotatable bonds is 3. The molecule has 144 valence electrons. The maximum absolute atomic E-state index is 5.83. The van der Waals surface area contributed by atoms with E-state index in [0.717, 1.165) is 73.0 Å². The van der Waals surface area contributed by atoms with Crippen LogP contribution in [-0.4, -0.2) is 59.4 Å². The van der Waals surface area contributed by atoms with Gasteiger partial charge in [0.05, 0.1) is 29.1 Å². The van der Waals surface area contributed by atoms with Crippen LogP contribution in [0, 0.1) is 0 Å². The predicted octanol–water partition coefficient (Wildman–Crippen LogP) is 3.28. The first-order valence-corrected chi connectivity index (χ1v) is 10.5. The molecule has 1 aromatic carbocycles. The minimum Gasteiger partial charge on any atom is -0.399 e. The number of nitrogens with zero attached hydrogens (tertiary/aromatic N) is 4. The van der Waals surface area contributed by atoms with Crippen molar-refractivity contribution in [2.45, 2.75) is 6.42 Å². The molecule has 1 saturated heterocycles. The molecule has 0 bridgehead atoms. The topological polar surface area (TPSA) is 67.5 Å². The molecule has 28 heavy (non-hydrogen) atoms. The standard InChI is InChI=1S/C21H23N5OS/c22-17-3-1-16(2-4-17)20-21-18(23-14-24-20)13-19(28-21)15-5-7-25(8-6-15)26-9-11-27-12-10-26/h1-5,13-14H,6-12,22H2. The van der Waals surface area contributed by atoms with Crippen LogP contribution in [0.15, 0.2) is 42.7 Å². The smallest absolute Gasteiger partial charge is 0.116 e. The molecule has 0 saturated carbocycles. The highest BCUT2D eigenvalue weighted by Crippen LogP contribution is 2.37. The summed E-state index contributed by atoms with van der Waals surface area (Å²) in [6.07, 6.45) is 5.06. The quantitative estimate of drug-likeness (QED) is 0.689. The second kappa shape index (κ2) is 7.60. The molecule has 3 aromatic rings. The molecule has 2 N–H and O–H groups in total. The molecule has 2 aromatic heterocycles. The first kappa shape index (κ1) is 17.8. The minimum atomic E-state index is 0.762. The average Bonchev–Trinajstić information content (AvgIpc) is 3.20. The summed E-state index contributed by atoms with van der Waals surface area (Å²) >= 11 is 1.79. The maximum atomic E-state index is 5.83. The van der Waals surface area contributed by atoms with Gasteiger partial charge in [0, 0.05) is 42.3 Å². The Kier molecular flexibility index (Phi) is 4.82. The molecule has 0 radical (unpaired) electrons. The van der Waals surface area contributed by atoms with Gasteiger partial charge in [0.2, 0.25) is 0 Å². The van der Waals surface area contributed by atoms with Crippen molar-refractivity contribution in [1.29, 1.82) is 0 Å². The van der Waals surface area contributed by atoms with Crippen LogP contribution in [-0.2, 0) is 4.74 Å². The van der Waals surface area contributed by atoms with Crippen molar-refractivity contribution in [2.75, 3.05) is 45.1 Å². The van der Waals surface area contributed by atoms with Gasteiger partial charge in [0.1, 0.15) is 6.33 Å². The van der Waals surface area contributed by atoms with E-state index in [0.29, 0.717) is 0 Å². The van der Waals surface area contributed by atoms with Crippen molar-refractivity contribution in [3.05, 3.63) is 47.6 Å². The van der Waals surface area contributed by atoms with Crippen molar-refractivity contribution in [3.8, 4) is 11.3 Å². The zero-order valence-corrected chi connectivity index (χ0v) is 16.5. The summed E-state index contributed by atoms with van der Waals surface area (Å²) in [4.78, 5) is 10.4. The van der Waals surface area contributed by atoms with Gasteiger partial charge in [-0.15, -0.1) is 11.3 Å². The van der Waals surface area contributed by atoms with Gasteiger partial charge in [-0.05, 0) is 30.2 Å². The van der Waals surface area contributed by atoms with Crippen LogP contribution in [0.25, 0.3) is 27.0 Å². The van der Waals surface area contributed by atoms with Gasteiger partial charge < -0.3 is 10.5 Å². The van der Waals surface area contributed by atoms with Crippen LogP contribution in [0.5, 0.6) is 0 Å². The highest BCUT2D eigenvalue weighted by atomic mass is 32.1. The van der Waals surface area contributed by atoms with Gasteiger partial charge in [-0.2, -0.15) is 0 Å². The Morgan fingerprint density at radius 2 is 1.82 bits per heavy atom. The molecule has 0 atom stereocenters. The summed E-state index contributed by atoms with van der Waals surface area (Å²) in [5.74, 6) is 0. The van der Waals surface area contributed by atoms with Gasteiger partial charge in [0.25, 0.3) is 0 Å². The summed E-state index contributed by atoms with van der Waals surface area (Å²) in [6, 6.07) is 10.1. The van der Waals surface area contributed by atoms with Crippen LogP contribution in [0.1, 0.15) is 11.3 Å². The van der Waals surface area contributed by atoms with Gasteiger partial charge >= 0.3 is 0 Å². The number of nitrogen functional groups attached to an aromatic ring is 1. The first-order valence-electron chi connectivity index (χ1n) is 9.65. The Bertz CT molecular complexity index is 1010. The molecule has 1 fully saturated rings. The number of nitrogens with two attached hydrogens (primary N) is 1. The van der Waals surface area contributed by atoms with E-state index in [4.69, 9.17) is 10.5 Å². The van der Waals surface area contributed by atoms with Crippen molar-refractivity contribution in [3.63, 3.8) is 0 Å². The fourth-order valence-electron chi connectivity index (χ4n) is 3.83. The third kappa shape index (κ3) is 3.42. The number of hydrazine groups is 1. The Morgan fingerprint density at radius 3 is 2.57 bits per heavy atom. The molecule has 6 nitrogen and oxygen atoms in total. The van der Waals surface area contributed by atoms with E-state index in [-0.39, 0.29) is 0 Å². The van der Waals surface area contributed by atoms with E-state index in [9.17, 15) is 0 Å². The van der Waals surface area contributed by atoms with Crippen LogP contribution < -0.4 is 5.73 Å². The molecule has 7 heteroatoms. The number of anilines is 1. The Morgan fingerprint density at radius 1 is 1.00 bits per heavy atom. The monoisotopic (exact) mass is 393 g/mol. The largest absolute Gasteiger partial charge is 0.399 e. The van der Waals surface area contributed by atoms with E-state index in [2.05, 4.69) is 32.1 Å². The molecule has 2 aliphatic rings. The summed E-state index contributed by atoms with van der Waals surface area (Å²) in [5, 5.41) is 4.87. The number of hydrogen-bond acceptors (Lipinski definition) is 7. The molecule has 4 heterocycles. The minimum absolute atomic E-state index is 0.762. The highest BCUT2D eigenvalue weighted by molar-refractivity contribution is 7.20. The summed E-state index contributed by atoms with van der Waals surface area (Å²) in [5.41, 5.74) is 11.1. The summed E-state index contributed by atoms with van der Waals surface area (Å²) in [6.45, 7) is 5.65. The zero-order valence-electron chi connectivity index (χ0n) is 15.7. The molecular weight excluding hydrogens is 370 g/mol. The lowest BCUT2D eigenvalue weighted by Crippen LogP contribution is -2.50. The van der Waals surface area contributed by atoms with Crippen LogP contribution in [0.4, 0.5) is 5.69 Å². The molecule has 2 aliphatic heterocycles. The van der Waals surface area contributed by atoms with Gasteiger partial charge in [-0.25, -0.2) is 20.0 Å². The normalized spacial score (nSPS) is 19.1. The van der Waals surface area contributed by atoms with Gasteiger partial charge in [-0.1, -0.05) is 18.2 Å². The fourth-order valence-corrected chi connectivity index (χ4v) is 5.03. The number of fused-ring (bicyclic) bond motifs is 1. The molecule has 0 aliphatic carbocycles. The second-order valence-corrected chi connectivity index (χ2v) is 8.18. The lowest BCUT2D eigenvalue weighted by atomic mass is 10.1. The Hall–Kier alpha value is -2.32. The molecule has 0 amide bonds. The third-order valence-electron chi connectivity index (χ3n) is 5.39. The van der Waals surface area contributed by atoms with Crippen molar-refractivity contribution < 1.29 is 4.74 Å². The van der Waals surface area contributed by atoms with E-state index in [1.165, 1.54) is 10.5 Å². The van der Waals surface area contributed by atoms with E-state index in [1.54, 1.807) is 17.7 Å². The SMILES string of the molecule is Nc1ccc(-c2ncnc3cc(C4=CCN(N5CCOCC5)CC4)sc23)cc1. The zero-order chi connectivity index (χ0) is 18.9. The van der Waals surface area contributed by atoms with E-state index >= 15 is 0 Å². The Labute approximate surface area is 168 Å². The number of hydrogen-bond donors (Lipinski definition) is 1. The Balaban J connectivity index is 1.42. The van der Waals surface area contributed by atoms with Crippen molar-refractivity contribution in [2.24, 2.45) is 0 Å². The number of benzene rings is 1. The van der Waals surface area contributed by atoms with Gasteiger partial charge in [-0.3, -0.25) is 0 Å². The van der Waals surface area contributed by atoms with Crippen LogP contribution in [0.3, 0.4) is 0 Å². The third-order valence-corrected chi connectivity index (χ3v) is 6.59. The highest BCUT2D eigenvalue weighted by Gasteiger charge is 2.22. The number of aromatic nitrogens is 2. The molecule has 0 spiro atoms. The predicted molar refractivity (Wildman–Crippen MR) is 114 cm³/mol. The average molecular weight is 394 g/mol. The lowest BCUT2D eigenvalue weighted by molar-refractivity contribution is -0.0843. The van der Waals surface area contributed by atoms with Crippen molar-refractivity contribution in [1.82, 2.24) is 20.0 Å². The number of morpholine rings is 1. The molecular formula is C21H23N5OS. The van der Waals surface area contributed by atoms with E-state index < -0.39 is 0 Å². The van der Waals surface area contributed by atoms with Crippen LogP contribution >= 0.6 is 11.3 Å². The maximum Gasteiger partial charge on any atom is 0.116 e. The summed E-state index contributed by atoms with van der Waals surface area (Å²) in [7, 11) is 0.